The van der Waals surface area contributed by atoms with E-state index in [4.69, 9.17) is 22.1 Å². The van der Waals surface area contributed by atoms with Gasteiger partial charge < -0.3 is 15.5 Å². The third-order valence-corrected chi connectivity index (χ3v) is 2.87. The van der Waals surface area contributed by atoms with Gasteiger partial charge >= 0.3 is 0 Å². The molecule has 0 aliphatic heterocycles. The van der Waals surface area contributed by atoms with Crippen molar-refractivity contribution in [3.8, 4) is 11.6 Å². The molecule has 0 radical (unpaired) electrons. The Morgan fingerprint density at radius 1 is 1.33 bits per heavy atom. The predicted molar refractivity (Wildman–Crippen MR) is 70.3 cm³/mol. The van der Waals surface area contributed by atoms with Gasteiger partial charge in [0, 0.05) is 11.8 Å². The van der Waals surface area contributed by atoms with Crippen molar-refractivity contribution in [2.24, 2.45) is 0 Å². The van der Waals surface area contributed by atoms with E-state index in [-0.39, 0.29) is 10.9 Å². The molecule has 18 heavy (non-hydrogen) atoms. The van der Waals surface area contributed by atoms with Gasteiger partial charge in [-0.1, -0.05) is 17.7 Å². The molecule has 0 spiro atoms. The maximum Gasteiger partial charge on any atom is 0.273 e. The third kappa shape index (κ3) is 2.31. The number of nitrogens with one attached hydrogen (secondary N) is 1. The molecule has 0 atom stereocenters. The number of nitrogens with zero attached hydrogens (tertiary/aromatic N) is 1. The zero-order valence-corrected chi connectivity index (χ0v) is 10.7. The molecule has 2 rings (SSSR count). The molecule has 5 nitrogen and oxygen atoms in total. The topological polar surface area (TPSA) is 81.0 Å². The highest BCUT2D eigenvalue weighted by molar-refractivity contribution is 6.31. The number of benzene rings is 1. The summed E-state index contributed by atoms with van der Waals surface area (Å²) in [6.45, 7) is 3.79. The number of nitrogens with two attached hydrogens (primary N) is 1. The standard InChI is InChI=1S/C12H12ClN3O2/c1-6-3-7(2)9(4-8(6)14)18-12-10(13)11(17)15-5-16-12/h3-5H,14H2,1-2H3,(H,15,16,17). The first-order valence-corrected chi connectivity index (χ1v) is 5.64. The van der Waals surface area contributed by atoms with Gasteiger partial charge in [0.15, 0.2) is 5.02 Å². The maximum atomic E-state index is 11.3. The van der Waals surface area contributed by atoms with Crippen LogP contribution in [0.25, 0.3) is 0 Å². The van der Waals surface area contributed by atoms with Gasteiger partial charge in [0.25, 0.3) is 5.56 Å². The molecule has 0 saturated carbocycles. The van der Waals surface area contributed by atoms with Gasteiger partial charge in [-0.05, 0) is 25.0 Å². The number of aromatic nitrogens is 2. The van der Waals surface area contributed by atoms with E-state index in [0.29, 0.717) is 11.4 Å². The highest BCUT2D eigenvalue weighted by Gasteiger charge is 2.11. The zero-order chi connectivity index (χ0) is 13.3. The molecule has 0 aliphatic carbocycles. The molecule has 1 heterocycles. The van der Waals surface area contributed by atoms with E-state index in [0.717, 1.165) is 11.1 Å². The third-order valence-electron chi connectivity index (χ3n) is 2.53. The molecule has 0 amide bonds. The van der Waals surface area contributed by atoms with Gasteiger partial charge in [-0.3, -0.25) is 4.79 Å². The number of nitrogen functional groups attached to an aromatic ring is 1. The summed E-state index contributed by atoms with van der Waals surface area (Å²) < 4.78 is 5.51. The fraction of sp³-hybridized carbons (Fsp3) is 0.167. The second-order valence-corrected chi connectivity index (χ2v) is 4.31. The molecule has 0 unspecified atom stereocenters. The highest BCUT2D eigenvalue weighted by atomic mass is 35.5. The molecular formula is C12H12ClN3O2. The van der Waals surface area contributed by atoms with Crippen LogP contribution in [0.4, 0.5) is 5.69 Å². The Kier molecular flexibility index (Phi) is 3.25. The van der Waals surface area contributed by atoms with Crippen LogP contribution in [0.5, 0.6) is 11.6 Å². The maximum absolute atomic E-state index is 11.3. The molecule has 94 valence electrons. The van der Waals surface area contributed by atoms with E-state index in [9.17, 15) is 4.79 Å². The molecule has 6 heteroatoms. The van der Waals surface area contributed by atoms with Gasteiger partial charge in [0.1, 0.15) is 5.75 Å². The van der Waals surface area contributed by atoms with Gasteiger partial charge in [0.05, 0.1) is 6.33 Å². The van der Waals surface area contributed by atoms with E-state index < -0.39 is 5.56 Å². The summed E-state index contributed by atoms with van der Waals surface area (Å²) in [5.41, 5.74) is 7.82. The van der Waals surface area contributed by atoms with Crippen LogP contribution in [0.3, 0.4) is 0 Å². The van der Waals surface area contributed by atoms with Gasteiger partial charge in [-0.25, -0.2) is 4.98 Å². The zero-order valence-electron chi connectivity index (χ0n) is 9.95. The van der Waals surface area contributed by atoms with Crippen LogP contribution in [0.2, 0.25) is 5.02 Å². The first-order valence-electron chi connectivity index (χ1n) is 5.27. The summed E-state index contributed by atoms with van der Waals surface area (Å²) in [6.07, 6.45) is 1.23. The largest absolute Gasteiger partial charge is 0.437 e. The molecule has 3 N–H and O–H groups in total. The van der Waals surface area contributed by atoms with Crippen LogP contribution >= 0.6 is 11.6 Å². The van der Waals surface area contributed by atoms with Crippen molar-refractivity contribution in [3.63, 3.8) is 0 Å². The average Bonchev–Trinajstić information content (AvgIpc) is 2.32. The average molecular weight is 266 g/mol. The van der Waals surface area contributed by atoms with Crippen LogP contribution in [0.1, 0.15) is 11.1 Å². The minimum atomic E-state index is -0.445. The van der Waals surface area contributed by atoms with Gasteiger partial charge in [-0.15, -0.1) is 0 Å². The van der Waals surface area contributed by atoms with Crippen molar-refractivity contribution in [2.45, 2.75) is 13.8 Å². The van der Waals surface area contributed by atoms with Crippen LogP contribution in [-0.2, 0) is 0 Å². The van der Waals surface area contributed by atoms with Crippen LogP contribution in [0, 0.1) is 13.8 Å². The van der Waals surface area contributed by atoms with Crippen LogP contribution < -0.4 is 16.0 Å². The first-order chi connectivity index (χ1) is 8.49. The molecule has 0 aliphatic rings. The number of hydrogen-bond donors (Lipinski definition) is 2. The highest BCUT2D eigenvalue weighted by Crippen LogP contribution is 2.30. The van der Waals surface area contributed by atoms with Gasteiger partial charge in [-0.2, -0.15) is 0 Å². The summed E-state index contributed by atoms with van der Waals surface area (Å²) in [6, 6.07) is 3.58. The summed E-state index contributed by atoms with van der Waals surface area (Å²) in [5, 5.41) is -0.0870. The second kappa shape index (κ2) is 4.70. The monoisotopic (exact) mass is 265 g/mol. The minimum Gasteiger partial charge on any atom is -0.437 e. The van der Waals surface area contributed by atoms with Crippen molar-refractivity contribution >= 4 is 17.3 Å². The summed E-state index contributed by atoms with van der Waals surface area (Å²) >= 11 is 5.80. The number of hydrogen-bond acceptors (Lipinski definition) is 4. The quantitative estimate of drug-likeness (QED) is 0.817. The van der Waals surface area contributed by atoms with Crippen molar-refractivity contribution in [3.05, 3.63) is 45.0 Å². The lowest BCUT2D eigenvalue weighted by atomic mass is 10.1. The number of H-pyrrole nitrogens is 1. The van der Waals surface area contributed by atoms with E-state index in [1.165, 1.54) is 6.33 Å². The molecule has 2 aromatic rings. The second-order valence-electron chi connectivity index (χ2n) is 3.93. The Labute approximate surface area is 109 Å². The van der Waals surface area contributed by atoms with E-state index in [1.807, 2.05) is 19.9 Å². The van der Waals surface area contributed by atoms with Gasteiger partial charge in [0.2, 0.25) is 5.88 Å². The fourth-order valence-electron chi connectivity index (χ4n) is 1.50. The number of aryl methyl sites for hydroxylation is 2. The Morgan fingerprint density at radius 3 is 2.78 bits per heavy atom. The van der Waals surface area contributed by atoms with Crippen LogP contribution in [0.15, 0.2) is 23.3 Å². The molecule has 0 fully saturated rings. The number of rotatable bonds is 2. The number of aromatic amines is 1. The van der Waals surface area contributed by atoms with Crippen molar-refractivity contribution < 1.29 is 4.74 Å². The minimum absolute atomic E-state index is 0.0618. The van der Waals surface area contributed by atoms with E-state index in [2.05, 4.69) is 9.97 Å². The summed E-state index contributed by atoms with van der Waals surface area (Å²) in [4.78, 5) is 17.5. The Hall–Kier alpha value is -2.01. The normalized spacial score (nSPS) is 10.4. The van der Waals surface area contributed by atoms with Crippen molar-refractivity contribution in [1.29, 1.82) is 0 Å². The lowest BCUT2D eigenvalue weighted by molar-refractivity contribution is 0.457. The summed E-state index contributed by atoms with van der Waals surface area (Å²) in [7, 11) is 0. The molecule has 0 bridgehead atoms. The molecule has 0 saturated heterocycles. The smallest absolute Gasteiger partial charge is 0.273 e. The molecule has 1 aromatic carbocycles. The fourth-order valence-corrected chi connectivity index (χ4v) is 1.64. The van der Waals surface area contributed by atoms with Crippen molar-refractivity contribution in [2.75, 3.05) is 5.73 Å². The predicted octanol–water partition coefficient (Wildman–Crippen LogP) is 2.41. The lowest BCUT2D eigenvalue weighted by Crippen LogP contribution is -2.08. The van der Waals surface area contributed by atoms with Crippen molar-refractivity contribution in [1.82, 2.24) is 9.97 Å². The Balaban J connectivity index is 2.43. The van der Waals surface area contributed by atoms with E-state index in [1.54, 1.807) is 6.07 Å². The Morgan fingerprint density at radius 2 is 2.06 bits per heavy atom. The number of ether oxygens (including phenoxy) is 1. The van der Waals surface area contributed by atoms with E-state index >= 15 is 0 Å². The number of anilines is 1. The Bertz CT molecular complexity index is 652. The SMILES string of the molecule is Cc1cc(C)c(Oc2nc[nH]c(=O)c2Cl)cc1N. The van der Waals surface area contributed by atoms with Crippen LogP contribution in [-0.4, -0.2) is 9.97 Å². The number of halogens is 1. The molecular weight excluding hydrogens is 254 g/mol. The molecule has 1 aromatic heterocycles. The summed E-state index contributed by atoms with van der Waals surface area (Å²) in [5.74, 6) is 0.588. The lowest BCUT2D eigenvalue weighted by Gasteiger charge is -2.10. The first kappa shape index (κ1) is 12.4.